The maximum Gasteiger partial charge on any atom is 0.269 e. The molecule has 0 radical (unpaired) electrons. The van der Waals surface area contributed by atoms with E-state index < -0.39 is 4.92 Å². The normalized spacial score (nSPS) is 16.6. The van der Waals surface area contributed by atoms with Gasteiger partial charge in [-0.15, -0.1) is 0 Å². The van der Waals surface area contributed by atoms with Crippen molar-refractivity contribution in [3.05, 3.63) is 69.8 Å². The summed E-state index contributed by atoms with van der Waals surface area (Å²) in [5.41, 5.74) is 2.77. The summed E-state index contributed by atoms with van der Waals surface area (Å²) >= 11 is 0. The molecule has 5 nitrogen and oxygen atoms in total. The number of hydrogen-bond donors (Lipinski definition) is 0. The lowest BCUT2D eigenvalue weighted by atomic mass is 10.0. The van der Waals surface area contributed by atoms with Crippen molar-refractivity contribution in [1.82, 2.24) is 0 Å². The molecule has 0 bridgehead atoms. The minimum absolute atomic E-state index is 0.0381. The zero-order valence-corrected chi connectivity index (χ0v) is 11.5. The number of nitro benzene ring substituents is 1. The van der Waals surface area contributed by atoms with Crippen LogP contribution in [0.1, 0.15) is 30.6 Å². The fourth-order valence-electron chi connectivity index (χ4n) is 2.36. The highest BCUT2D eigenvalue weighted by molar-refractivity contribution is 5.97. The summed E-state index contributed by atoms with van der Waals surface area (Å²) in [6.45, 7) is 2.06. The maximum absolute atomic E-state index is 10.7. The van der Waals surface area contributed by atoms with Crippen molar-refractivity contribution in [2.45, 2.75) is 19.4 Å². The SMILES string of the molecule is CC[C@@H]1OC(c2ccc([N+](=O)[O-])cc2)=Nc2ccccc21. The van der Waals surface area contributed by atoms with Gasteiger partial charge in [0.05, 0.1) is 10.6 Å². The second-order valence-electron chi connectivity index (χ2n) is 4.79. The smallest absolute Gasteiger partial charge is 0.269 e. The van der Waals surface area contributed by atoms with Crippen LogP contribution in [0.4, 0.5) is 11.4 Å². The van der Waals surface area contributed by atoms with Crippen molar-refractivity contribution >= 4 is 17.3 Å². The fourth-order valence-corrected chi connectivity index (χ4v) is 2.36. The van der Waals surface area contributed by atoms with E-state index >= 15 is 0 Å². The zero-order chi connectivity index (χ0) is 14.8. The molecule has 3 rings (SSSR count). The summed E-state index contributed by atoms with van der Waals surface area (Å²) in [5, 5.41) is 10.7. The molecule has 0 spiro atoms. The Kier molecular flexibility index (Phi) is 3.39. The first-order valence-corrected chi connectivity index (χ1v) is 6.78. The van der Waals surface area contributed by atoms with Gasteiger partial charge >= 0.3 is 0 Å². The topological polar surface area (TPSA) is 64.7 Å². The van der Waals surface area contributed by atoms with E-state index in [0.717, 1.165) is 23.2 Å². The van der Waals surface area contributed by atoms with Gasteiger partial charge in [0, 0.05) is 23.3 Å². The quantitative estimate of drug-likeness (QED) is 0.627. The molecule has 1 atom stereocenters. The number of rotatable bonds is 3. The van der Waals surface area contributed by atoms with Gasteiger partial charge in [0.2, 0.25) is 5.90 Å². The average molecular weight is 282 g/mol. The molecule has 2 aromatic carbocycles. The molecule has 5 heteroatoms. The van der Waals surface area contributed by atoms with Crippen molar-refractivity contribution in [2.75, 3.05) is 0 Å². The van der Waals surface area contributed by atoms with E-state index in [1.54, 1.807) is 12.1 Å². The summed E-state index contributed by atoms with van der Waals surface area (Å²) in [4.78, 5) is 14.8. The second-order valence-corrected chi connectivity index (χ2v) is 4.79. The number of non-ortho nitro benzene ring substituents is 1. The molecule has 0 N–H and O–H groups in total. The van der Waals surface area contributed by atoms with Crippen molar-refractivity contribution in [1.29, 1.82) is 0 Å². The Balaban J connectivity index is 1.99. The van der Waals surface area contributed by atoms with Gasteiger partial charge in [0.1, 0.15) is 6.10 Å². The highest BCUT2D eigenvalue weighted by Gasteiger charge is 2.23. The van der Waals surface area contributed by atoms with E-state index in [4.69, 9.17) is 4.74 Å². The Labute approximate surface area is 122 Å². The monoisotopic (exact) mass is 282 g/mol. The van der Waals surface area contributed by atoms with E-state index in [-0.39, 0.29) is 11.8 Å². The van der Waals surface area contributed by atoms with Crippen LogP contribution < -0.4 is 0 Å². The van der Waals surface area contributed by atoms with E-state index in [1.807, 2.05) is 24.3 Å². The minimum atomic E-state index is -0.419. The number of nitro groups is 1. The molecular formula is C16H14N2O3. The van der Waals surface area contributed by atoms with Gasteiger partial charge in [0.25, 0.3) is 5.69 Å². The molecule has 0 unspecified atom stereocenters. The standard InChI is InChI=1S/C16H14N2O3/c1-2-15-13-5-3-4-6-14(13)17-16(21-15)11-7-9-12(10-8-11)18(19)20/h3-10,15H,2H2,1H3/t15-/m0/s1. The molecular weight excluding hydrogens is 268 g/mol. The first-order valence-electron chi connectivity index (χ1n) is 6.78. The zero-order valence-electron chi connectivity index (χ0n) is 11.5. The first kappa shape index (κ1) is 13.3. The lowest BCUT2D eigenvalue weighted by Gasteiger charge is -2.25. The predicted octanol–water partition coefficient (Wildman–Crippen LogP) is 4.15. The molecule has 1 aliphatic heterocycles. The van der Waals surface area contributed by atoms with Crippen molar-refractivity contribution < 1.29 is 9.66 Å². The van der Waals surface area contributed by atoms with Crippen LogP contribution >= 0.6 is 0 Å². The van der Waals surface area contributed by atoms with Gasteiger partial charge in [-0.25, -0.2) is 4.99 Å². The minimum Gasteiger partial charge on any atom is -0.469 e. The second kappa shape index (κ2) is 5.36. The van der Waals surface area contributed by atoms with Gasteiger partial charge in [-0.3, -0.25) is 10.1 Å². The van der Waals surface area contributed by atoms with Gasteiger partial charge in [-0.2, -0.15) is 0 Å². The molecule has 0 saturated heterocycles. The number of aliphatic imine (C=N–C) groups is 1. The third-order valence-electron chi connectivity index (χ3n) is 3.46. The Morgan fingerprint density at radius 3 is 2.57 bits per heavy atom. The molecule has 0 saturated carbocycles. The highest BCUT2D eigenvalue weighted by Crippen LogP contribution is 2.35. The summed E-state index contributed by atoms with van der Waals surface area (Å²) in [6, 6.07) is 14.1. The third kappa shape index (κ3) is 2.50. The van der Waals surface area contributed by atoms with Crippen LogP contribution in [0.15, 0.2) is 53.5 Å². The van der Waals surface area contributed by atoms with Crippen LogP contribution in [-0.4, -0.2) is 10.8 Å². The Morgan fingerprint density at radius 1 is 1.19 bits per heavy atom. The third-order valence-corrected chi connectivity index (χ3v) is 3.46. The summed E-state index contributed by atoms with van der Waals surface area (Å²) in [6.07, 6.45) is 0.798. The molecule has 106 valence electrons. The maximum atomic E-state index is 10.7. The summed E-state index contributed by atoms with van der Waals surface area (Å²) in [7, 11) is 0. The molecule has 1 heterocycles. The first-order chi connectivity index (χ1) is 10.2. The van der Waals surface area contributed by atoms with Crippen molar-refractivity contribution in [2.24, 2.45) is 4.99 Å². The number of hydrogen-bond acceptors (Lipinski definition) is 4. The molecule has 0 aromatic heterocycles. The molecule has 0 aliphatic carbocycles. The van der Waals surface area contributed by atoms with Crippen LogP contribution in [0.25, 0.3) is 0 Å². The van der Waals surface area contributed by atoms with Crippen LogP contribution in [0.3, 0.4) is 0 Å². The van der Waals surface area contributed by atoms with E-state index in [0.29, 0.717) is 5.90 Å². The van der Waals surface area contributed by atoms with Crippen LogP contribution in [0, 0.1) is 10.1 Å². The van der Waals surface area contributed by atoms with Gasteiger partial charge in [-0.1, -0.05) is 25.1 Å². The molecule has 0 fully saturated rings. The Bertz CT molecular complexity index is 708. The number of para-hydroxylation sites is 1. The van der Waals surface area contributed by atoms with Crippen LogP contribution in [0.5, 0.6) is 0 Å². The lowest BCUT2D eigenvalue weighted by molar-refractivity contribution is -0.384. The highest BCUT2D eigenvalue weighted by atomic mass is 16.6. The van der Waals surface area contributed by atoms with Gasteiger partial charge in [-0.05, 0) is 24.6 Å². The molecule has 2 aromatic rings. The largest absolute Gasteiger partial charge is 0.469 e. The van der Waals surface area contributed by atoms with Crippen LogP contribution in [0.2, 0.25) is 0 Å². The Hall–Kier alpha value is -2.69. The van der Waals surface area contributed by atoms with Crippen molar-refractivity contribution in [3.8, 4) is 0 Å². The summed E-state index contributed by atoms with van der Waals surface area (Å²) < 4.78 is 5.93. The fraction of sp³-hybridized carbons (Fsp3) is 0.188. The van der Waals surface area contributed by atoms with Gasteiger partial charge in [0.15, 0.2) is 0 Å². The summed E-state index contributed by atoms with van der Waals surface area (Å²) in [5.74, 6) is 0.510. The average Bonchev–Trinajstić information content (AvgIpc) is 2.53. The van der Waals surface area contributed by atoms with E-state index in [9.17, 15) is 10.1 Å². The Morgan fingerprint density at radius 2 is 1.90 bits per heavy atom. The van der Waals surface area contributed by atoms with Crippen molar-refractivity contribution in [3.63, 3.8) is 0 Å². The number of nitrogens with zero attached hydrogens (tertiary/aromatic N) is 2. The van der Waals surface area contributed by atoms with Gasteiger partial charge < -0.3 is 4.74 Å². The molecule has 21 heavy (non-hydrogen) atoms. The predicted molar refractivity (Wildman–Crippen MR) is 79.9 cm³/mol. The number of ether oxygens (including phenoxy) is 1. The molecule has 1 aliphatic rings. The number of fused-ring (bicyclic) bond motifs is 1. The van der Waals surface area contributed by atoms with E-state index in [1.165, 1.54) is 12.1 Å². The molecule has 0 amide bonds. The number of benzene rings is 2. The van der Waals surface area contributed by atoms with Crippen LogP contribution in [-0.2, 0) is 4.74 Å². The van der Waals surface area contributed by atoms with E-state index in [2.05, 4.69) is 11.9 Å². The lowest BCUT2D eigenvalue weighted by Crippen LogP contribution is -2.16.